The Labute approximate surface area is 219 Å². The molecule has 0 spiro atoms. The van der Waals surface area contributed by atoms with Crippen molar-refractivity contribution in [3.8, 4) is 0 Å². The maximum absolute atomic E-state index is 12.8. The average Bonchev–Trinajstić information content (AvgIpc) is 2.88. The van der Waals surface area contributed by atoms with E-state index in [0.29, 0.717) is 5.56 Å². The molecule has 11 N–H and O–H groups in total. The van der Waals surface area contributed by atoms with E-state index >= 15 is 0 Å². The van der Waals surface area contributed by atoms with Gasteiger partial charge in [0, 0.05) is 0 Å². The predicted molar refractivity (Wildman–Crippen MR) is 133 cm³/mol. The van der Waals surface area contributed by atoms with Gasteiger partial charge in [0.25, 0.3) is 5.91 Å². The highest BCUT2D eigenvalue weighted by Crippen LogP contribution is 2.17. The summed E-state index contributed by atoms with van der Waals surface area (Å²) in [5.41, 5.74) is 5.89. The number of nitrogens with two attached hydrogens (primary N) is 1. The van der Waals surface area contributed by atoms with Crippen LogP contribution in [0.5, 0.6) is 0 Å². The van der Waals surface area contributed by atoms with Crippen LogP contribution in [0, 0.1) is 5.92 Å². The Balaban J connectivity index is 2.94. The number of nitrogens with one attached hydrogen (secondary N) is 3. The first-order valence-electron chi connectivity index (χ1n) is 12.0. The number of aliphatic hydroxyl groups excluding tert-OH is 5. The first-order valence-corrected chi connectivity index (χ1v) is 12.0. The van der Waals surface area contributed by atoms with E-state index in [9.17, 15) is 39.6 Å². The summed E-state index contributed by atoms with van der Waals surface area (Å²) in [5.74, 6) is -4.19. The fraction of sp³-hybridized carbons (Fsp3) is 0.583. The van der Waals surface area contributed by atoms with Gasteiger partial charge in [-0.3, -0.25) is 19.2 Å². The Kier molecular flexibility index (Phi) is 13.8. The number of hydrogen-bond donors (Lipinski definition) is 10. The van der Waals surface area contributed by atoms with Crippen molar-refractivity contribution in [1.82, 2.24) is 16.0 Å². The maximum atomic E-state index is 12.8. The fourth-order valence-corrected chi connectivity index (χ4v) is 3.54. The van der Waals surface area contributed by atoms with Crippen LogP contribution in [0.3, 0.4) is 0 Å². The van der Waals surface area contributed by atoms with Gasteiger partial charge in [-0.15, -0.1) is 0 Å². The first kappa shape index (κ1) is 32.9. The minimum Gasteiger partial charge on any atom is -0.481 e. The topological polar surface area (TPSA) is 252 Å². The first-order chi connectivity index (χ1) is 17.8. The van der Waals surface area contributed by atoms with Crippen molar-refractivity contribution >= 4 is 23.7 Å². The number of carboxylic acid groups (broad SMARTS) is 1. The molecule has 0 saturated carbocycles. The van der Waals surface area contributed by atoms with E-state index in [4.69, 9.17) is 15.9 Å². The lowest BCUT2D eigenvalue weighted by Crippen LogP contribution is -2.60. The van der Waals surface area contributed by atoms with Crippen molar-refractivity contribution in [2.45, 2.75) is 69.2 Å². The highest BCUT2D eigenvalue weighted by atomic mass is 16.4. The summed E-state index contributed by atoms with van der Waals surface area (Å²) >= 11 is 0. The lowest BCUT2D eigenvalue weighted by molar-refractivity contribution is -0.145. The Bertz CT molecular complexity index is 917. The van der Waals surface area contributed by atoms with E-state index in [2.05, 4.69) is 16.0 Å². The molecule has 0 fully saturated rings. The second-order valence-corrected chi connectivity index (χ2v) is 9.27. The number of rotatable bonds is 16. The Morgan fingerprint density at radius 3 is 1.95 bits per heavy atom. The Hall–Kier alpha value is -3.14. The van der Waals surface area contributed by atoms with Crippen LogP contribution in [0.2, 0.25) is 0 Å². The zero-order valence-corrected chi connectivity index (χ0v) is 21.2. The van der Waals surface area contributed by atoms with Crippen LogP contribution < -0.4 is 21.7 Å². The van der Waals surface area contributed by atoms with E-state index < -0.39 is 85.8 Å². The van der Waals surface area contributed by atoms with Gasteiger partial charge in [0.2, 0.25) is 11.8 Å². The highest BCUT2D eigenvalue weighted by Gasteiger charge is 2.37. The SMILES string of the molecule is CC(C)CC(NC(=O)C(N)CO)C(=O)NC(CO)C(O)C(O)C(O)C(=O)NC(CC(=O)O)c1ccccc1. The van der Waals surface area contributed by atoms with Gasteiger partial charge in [0.1, 0.15) is 24.3 Å². The molecule has 7 unspecified atom stereocenters. The summed E-state index contributed by atoms with van der Waals surface area (Å²) in [6.45, 7) is 1.96. The van der Waals surface area contributed by atoms with Gasteiger partial charge in [-0.2, -0.15) is 0 Å². The van der Waals surface area contributed by atoms with Crippen LogP contribution in [-0.4, -0.2) is 104 Å². The largest absolute Gasteiger partial charge is 0.481 e. The summed E-state index contributed by atoms with van der Waals surface area (Å²) in [5, 5.41) is 66.1. The number of aliphatic hydroxyl groups is 5. The van der Waals surface area contributed by atoms with E-state index in [1.807, 2.05) is 0 Å². The molecule has 38 heavy (non-hydrogen) atoms. The minimum absolute atomic E-state index is 0.0895. The second kappa shape index (κ2) is 16.0. The average molecular weight is 543 g/mol. The molecule has 0 heterocycles. The molecular formula is C24H38N4O10. The molecule has 14 nitrogen and oxygen atoms in total. The third-order valence-corrected chi connectivity index (χ3v) is 5.65. The molecule has 14 heteroatoms. The van der Waals surface area contributed by atoms with Crippen molar-refractivity contribution in [3.05, 3.63) is 35.9 Å². The van der Waals surface area contributed by atoms with Gasteiger partial charge in [-0.25, -0.2) is 0 Å². The predicted octanol–water partition coefficient (Wildman–Crippen LogP) is -3.27. The Morgan fingerprint density at radius 2 is 1.45 bits per heavy atom. The molecule has 0 bridgehead atoms. The number of aliphatic carboxylic acids is 1. The van der Waals surface area contributed by atoms with Crippen molar-refractivity contribution in [3.63, 3.8) is 0 Å². The minimum atomic E-state index is -2.26. The van der Waals surface area contributed by atoms with Gasteiger partial charge >= 0.3 is 5.97 Å². The highest BCUT2D eigenvalue weighted by molar-refractivity contribution is 5.90. The quantitative estimate of drug-likeness (QED) is 0.0991. The van der Waals surface area contributed by atoms with Crippen LogP contribution in [-0.2, 0) is 19.2 Å². The normalized spacial score (nSPS) is 16.9. The summed E-state index contributed by atoms with van der Waals surface area (Å²) in [7, 11) is 0. The summed E-state index contributed by atoms with van der Waals surface area (Å²) < 4.78 is 0. The lowest BCUT2D eigenvalue weighted by Gasteiger charge is -2.31. The molecule has 0 aromatic heterocycles. The molecule has 7 atom stereocenters. The van der Waals surface area contributed by atoms with Crippen molar-refractivity contribution < 1.29 is 49.8 Å². The molecule has 0 aliphatic rings. The standard InChI is InChI=1S/C24H38N4O10/c1-12(2)8-16(27-22(36)14(25)10-29)23(37)28-17(11-30)19(33)20(34)21(35)24(38)26-15(9-18(31)32)13-6-4-3-5-7-13/h3-7,12,14-17,19-21,29-30,33-35H,8-11,25H2,1-2H3,(H,26,38)(H,27,36)(H,28,37)(H,31,32). The number of carbonyl (C=O) groups excluding carboxylic acids is 3. The molecule has 0 aliphatic carbocycles. The smallest absolute Gasteiger partial charge is 0.305 e. The van der Waals surface area contributed by atoms with Crippen LogP contribution >= 0.6 is 0 Å². The van der Waals surface area contributed by atoms with Gasteiger partial charge in [0.05, 0.1) is 31.7 Å². The maximum Gasteiger partial charge on any atom is 0.305 e. The molecule has 0 aliphatic heterocycles. The molecule has 3 amide bonds. The molecule has 1 rings (SSSR count). The molecule has 1 aromatic carbocycles. The van der Waals surface area contributed by atoms with E-state index in [0.717, 1.165) is 0 Å². The molecule has 0 radical (unpaired) electrons. The molecular weight excluding hydrogens is 504 g/mol. The van der Waals surface area contributed by atoms with E-state index in [-0.39, 0.29) is 12.3 Å². The lowest BCUT2D eigenvalue weighted by atomic mass is 9.98. The van der Waals surface area contributed by atoms with E-state index in [1.165, 1.54) is 0 Å². The van der Waals surface area contributed by atoms with Gasteiger partial charge in [-0.05, 0) is 17.9 Å². The van der Waals surface area contributed by atoms with Crippen LogP contribution in [0.25, 0.3) is 0 Å². The third kappa shape index (κ3) is 10.3. The second-order valence-electron chi connectivity index (χ2n) is 9.27. The third-order valence-electron chi connectivity index (χ3n) is 5.65. The van der Waals surface area contributed by atoms with Gasteiger partial charge in [-0.1, -0.05) is 44.2 Å². The van der Waals surface area contributed by atoms with Crippen molar-refractivity contribution in [2.24, 2.45) is 11.7 Å². The van der Waals surface area contributed by atoms with Crippen LogP contribution in [0.4, 0.5) is 0 Å². The summed E-state index contributed by atoms with van der Waals surface area (Å²) in [4.78, 5) is 48.7. The number of hydrogen-bond acceptors (Lipinski definition) is 10. The zero-order valence-electron chi connectivity index (χ0n) is 21.2. The fourth-order valence-electron chi connectivity index (χ4n) is 3.54. The van der Waals surface area contributed by atoms with Crippen LogP contribution in [0.1, 0.15) is 38.3 Å². The van der Waals surface area contributed by atoms with Crippen molar-refractivity contribution in [1.29, 1.82) is 0 Å². The van der Waals surface area contributed by atoms with Gasteiger partial charge in [0.15, 0.2) is 6.10 Å². The summed E-state index contributed by atoms with van der Waals surface area (Å²) in [6.07, 6.45) is -6.91. The monoisotopic (exact) mass is 542 g/mol. The number of carboxylic acids is 1. The van der Waals surface area contributed by atoms with E-state index in [1.54, 1.807) is 44.2 Å². The number of amides is 3. The van der Waals surface area contributed by atoms with Crippen molar-refractivity contribution in [2.75, 3.05) is 13.2 Å². The molecule has 0 saturated heterocycles. The Morgan fingerprint density at radius 1 is 0.842 bits per heavy atom. The number of benzene rings is 1. The molecule has 1 aromatic rings. The number of carbonyl (C=O) groups is 4. The molecule has 214 valence electrons. The summed E-state index contributed by atoms with van der Waals surface area (Å²) in [6, 6.07) is 2.95. The van der Waals surface area contributed by atoms with Crippen LogP contribution in [0.15, 0.2) is 30.3 Å². The van der Waals surface area contributed by atoms with Gasteiger partial charge < -0.3 is 52.3 Å². The zero-order chi connectivity index (χ0) is 29.0.